The predicted molar refractivity (Wildman–Crippen MR) is 61.1 cm³/mol. The summed E-state index contributed by atoms with van der Waals surface area (Å²) in [4.78, 5) is 4.24. The molecule has 1 aromatic carbocycles. The first-order valence-corrected chi connectivity index (χ1v) is 5.24. The molecule has 1 heterocycles. The topological polar surface area (TPSA) is 22.1 Å². The molecule has 0 saturated carbocycles. The molecule has 2 nitrogen and oxygen atoms in total. The Morgan fingerprint density at radius 1 is 1.06 bits per heavy atom. The minimum absolute atomic E-state index is 0.247. The van der Waals surface area contributed by atoms with Crippen molar-refractivity contribution in [2.45, 2.75) is 13.3 Å². The molecule has 2 aromatic rings. The van der Waals surface area contributed by atoms with Crippen LogP contribution in [0.2, 0.25) is 0 Å². The van der Waals surface area contributed by atoms with Gasteiger partial charge < -0.3 is 4.74 Å². The van der Waals surface area contributed by atoms with E-state index in [4.69, 9.17) is 0 Å². The number of rotatable bonds is 2. The predicted octanol–water partition coefficient (Wildman–Crippen LogP) is 3.96. The number of aromatic nitrogens is 1. The van der Waals surface area contributed by atoms with E-state index in [0.29, 0.717) is 11.3 Å². The van der Waals surface area contributed by atoms with Gasteiger partial charge in [-0.25, -0.2) is 0 Å². The zero-order valence-corrected chi connectivity index (χ0v) is 9.53. The molecule has 0 bridgehead atoms. The van der Waals surface area contributed by atoms with Crippen LogP contribution in [0.4, 0.5) is 13.2 Å². The smallest absolute Gasteiger partial charge is 0.406 e. The lowest BCUT2D eigenvalue weighted by atomic mass is 10.1. The molecule has 0 radical (unpaired) electrons. The highest BCUT2D eigenvalue weighted by Gasteiger charge is 2.31. The van der Waals surface area contributed by atoms with Crippen molar-refractivity contribution in [3.8, 4) is 17.0 Å². The Kier molecular flexibility index (Phi) is 3.23. The fraction of sp³-hybridized carbons (Fsp3) is 0.154. The van der Waals surface area contributed by atoms with Crippen LogP contribution < -0.4 is 4.74 Å². The summed E-state index contributed by atoms with van der Waals surface area (Å²) >= 11 is 0. The average molecular weight is 253 g/mol. The molecule has 0 amide bonds. The number of pyridine rings is 1. The standard InChI is InChI=1S/C13H10F3NO/c1-9-4-2-7-12(17-9)10-5-3-6-11(8-10)18-13(14,15)16/h2-8H,1H3. The van der Waals surface area contributed by atoms with Crippen LogP contribution in [0, 0.1) is 6.92 Å². The third kappa shape index (κ3) is 3.23. The summed E-state index contributed by atoms with van der Waals surface area (Å²) in [5.74, 6) is -0.247. The van der Waals surface area contributed by atoms with E-state index in [1.165, 1.54) is 18.2 Å². The van der Waals surface area contributed by atoms with Gasteiger partial charge in [0.15, 0.2) is 0 Å². The first-order chi connectivity index (χ1) is 8.44. The van der Waals surface area contributed by atoms with Gasteiger partial charge in [0.2, 0.25) is 0 Å². The summed E-state index contributed by atoms with van der Waals surface area (Å²) < 4.78 is 40.2. The zero-order valence-electron chi connectivity index (χ0n) is 9.53. The van der Waals surface area contributed by atoms with E-state index in [0.717, 1.165) is 5.69 Å². The van der Waals surface area contributed by atoms with Crippen LogP contribution in [-0.2, 0) is 0 Å². The normalized spacial score (nSPS) is 11.3. The number of aryl methyl sites for hydroxylation is 1. The number of hydrogen-bond donors (Lipinski definition) is 0. The lowest BCUT2D eigenvalue weighted by molar-refractivity contribution is -0.274. The quantitative estimate of drug-likeness (QED) is 0.808. The Hall–Kier alpha value is -2.04. The first kappa shape index (κ1) is 12.4. The number of nitrogens with zero attached hydrogens (tertiary/aromatic N) is 1. The monoisotopic (exact) mass is 253 g/mol. The van der Waals surface area contributed by atoms with Gasteiger partial charge in [-0.15, -0.1) is 13.2 Å². The zero-order chi connectivity index (χ0) is 13.2. The van der Waals surface area contributed by atoms with Gasteiger partial charge in [0.25, 0.3) is 0 Å². The Morgan fingerprint density at radius 2 is 1.78 bits per heavy atom. The van der Waals surface area contributed by atoms with Crippen LogP contribution >= 0.6 is 0 Å². The van der Waals surface area contributed by atoms with Crippen molar-refractivity contribution < 1.29 is 17.9 Å². The van der Waals surface area contributed by atoms with E-state index in [-0.39, 0.29) is 5.75 Å². The van der Waals surface area contributed by atoms with Crippen LogP contribution in [-0.4, -0.2) is 11.3 Å². The SMILES string of the molecule is Cc1cccc(-c2cccc(OC(F)(F)F)c2)n1. The van der Waals surface area contributed by atoms with E-state index in [1.807, 2.05) is 13.0 Å². The molecule has 18 heavy (non-hydrogen) atoms. The molecule has 0 fully saturated rings. The average Bonchev–Trinajstić information content (AvgIpc) is 2.27. The maximum Gasteiger partial charge on any atom is 0.573 e. The van der Waals surface area contributed by atoms with E-state index >= 15 is 0 Å². The molecular formula is C13H10F3NO. The highest BCUT2D eigenvalue weighted by molar-refractivity contribution is 5.61. The van der Waals surface area contributed by atoms with Crippen LogP contribution in [0.5, 0.6) is 5.75 Å². The largest absolute Gasteiger partial charge is 0.573 e. The number of hydrogen-bond acceptors (Lipinski definition) is 2. The highest BCUT2D eigenvalue weighted by Crippen LogP contribution is 2.27. The minimum Gasteiger partial charge on any atom is -0.406 e. The summed E-state index contributed by atoms with van der Waals surface area (Å²) in [6, 6.07) is 11.1. The molecule has 2 rings (SSSR count). The van der Waals surface area contributed by atoms with Gasteiger partial charge in [-0.1, -0.05) is 18.2 Å². The van der Waals surface area contributed by atoms with E-state index in [2.05, 4.69) is 9.72 Å². The molecule has 1 aromatic heterocycles. The molecule has 0 aliphatic heterocycles. The Bertz CT molecular complexity index is 552. The molecule has 5 heteroatoms. The van der Waals surface area contributed by atoms with Crippen molar-refractivity contribution in [2.24, 2.45) is 0 Å². The van der Waals surface area contributed by atoms with Gasteiger partial charge in [0.1, 0.15) is 5.75 Å². The first-order valence-electron chi connectivity index (χ1n) is 5.24. The van der Waals surface area contributed by atoms with Crippen molar-refractivity contribution in [3.05, 3.63) is 48.2 Å². The summed E-state index contributed by atoms with van der Waals surface area (Å²) in [6.07, 6.45) is -4.68. The van der Waals surface area contributed by atoms with Crippen molar-refractivity contribution in [3.63, 3.8) is 0 Å². The van der Waals surface area contributed by atoms with E-state index in [9.17, 15) is 13.2 Å². The van der Waals surface area contributed by atoms with Crippen LogP contribution in [0.15, 0.2) is 42.5 Å². The Balaban J connectivity index is 2.33. The highest BCUT2D eigenvalue weighted by atomic mass is 19.4. The van der Waals surface area contributed by atoms with Crippen molar-refractivity contribution in [1.29, 1.82) is 0 Å². The molecule has 0 N–H and O–H groups in total. The molecule has 0 spiro atoms. The molecular weight excluding hydrogens is 243 g/mol. The maximum atomic E-state index is 12.1. The Morgan fingerprint density at radius 3 is 2.44 bits per heavy atom. The molecule has 0 aliphatic carbocycles. The Labute approximate surface area is 102 Å². The van der Waals surface area contributed by atoms with Gasteiger partial charge in [0, 0.05) is 11.3 Å². The van der Waals surface area contributed by atoms with Gasteiger partial charge in [0.05, 0.1) is 5.69 Å². The minimum atomic E-state index is -4.68. The van der Waals surface area contributed by atoms with E-state index in [1.54, 1.807) is 18.2 Å². The van der Waals surface area contributed by atoms with Crippen molar-refractivity contribution >= 4 is 0 Å². The molecule has 0 atom stereocenters. The molecule has 0 unspecified atom stereocenters. The summed E-state index contributed by atoms with van der Waals surface area (Å²) in [6.45, 7) is 1.82. The van der Waals surface area contributed by atoms with E-state index < -0.39 is 6.36 Å². The number of ether oxygens (including phenoxy) is 1. The fourth-order valence-electron chi connectivity index (χ4n) is 1.56. The summed E-state index contributed by atoms with van der Waals surface area (Å²) in [7, 11) is 0. The molecule has 94 valence electrons. The van der Waals surface area contributed by atoms with Gasteiger partial charge in [-0.2, -0.15) is 0 Å². The second kappa shape index (κ2) is 4.68. The third-order valence-electron chi connectivity index (χ3n) is 2.25. The van der Waals surface area contributed by atoms with Crippen LogP contribution in [0.1, 0.15) is 5.69 Å². The second-order valence-electron chi connectivity index (χ2n) is 3.74. The number of benzene rings is 1. The number of halogens is 3. The van der Waals surface area contributed by atoms with Gasteiger partial charge in [-0.05, 0) is 31.2 Å². The lowest BCUT2D eigenvalue weighted by Gasteiger charge is -2.10. The number of alkyl halides is 3. The van der Waals surface area contributed by atoms with Crippen molar-refractivity contribution in [2.75, 3.05) is 0 Å². The second-order valence-corrected chi connectivity index (χ2v) is 3.74. The summed E-state index contributed by atoms with van der Waals surface area (Å²) in [5.41, 5.74) is 2.00. The van der Waals surface area contributed by atoms with Crippen LogP contribution in [0.3, 0.4) is 0 Å². The van der Waals surface area contributed by atoms with Crippen molar-refractivity contribution in [1.82, 2.24) is 4.98 Å². The molecule has 0 aliphatic rings. The lowest BCUT2D eigenvalue weighted by Crippen LogP contribution is -2.17. The van der Waals surface area contributed by atoms with Crippen LogP contribution in [0.25, 0.3) is 11.3 Å². The van der Waals surface area contributed by atoms with Gasteiger partial charge in [-0.3, -0.25) is 4.98 Å². The maximum absolute atomic E-state index is 12.1. The third-order valence-corrected chi connectivity index (χ3v) is 2.25. The van der Waals surface area contributed by atoms with Gasteiger partial charge >= 0.3 is 6.36 Å². The summed E-state index contributed by atoms with van der Waals surface area (Å²) in [5, 5.41) is 0. The molecule has 0 saturated heterocycles. The fourth-order valence-corrected chi connectivity index (χ4v) is 1.56.